The van der Waals surface area contributed by atoms with Crippen LogP contribution in [0.2, 0.25) is 0 Å². The zero-order valence-corrected chi connectivity index (χ0v) is 23.3. The molecule has 6 heteroatoms. The van der Waals surface area contributed by atoms with Gasteiger partial charge in [-0.1, -0.05) is 91.5 Å². The van der Waals surface area contributed by atoms with Gasteiger partial charge in [-0.25, -0.2) is 5.26 Å². The monoisotopic (exact) mass is 557 g/mol. The van der Waals surface area contributed by atoms with Crippen LogP contribution in [0.4, 0.5) is 5.69 Å². The lowest BCUT2D eigenvalue weighted by Gasteiger charge is -2.27. The van der Waals surface area contributed by atoms with E-state index in [1.165, 1.54) is 5.56 Å². The molecule has 1 aliphatic rings. The van der Waals surface area contributed by atoms with Crippen LogP contribution in [0.15, 0.2) is 140 Å². The molecule has 0 bridgehead atoms. The Morgan fingerprint density at radius 2 is 1.74 bits per heavy atom. The van der Waals surface area contributed by atoms with Gasteiger partial charge in [0.05, 0.1) is 11.8 Å². The van der Waals surface area contributed by atoms with E-state index in [1.54, 1.807) is 0 Å². The van der Waals surface area contributed by atoms with Crippen molar-refractivity contribution in [1.82, 2.24) is 0 Å². The Hall–Kier alpha value is -5.20. The molecule has 1 aromatic heterocycles. The minimum atomic E-state index is -0.812. The van der Waals surface area contributed by atoms with E-state index in [2.05, 4.69) is 60.0 Å². The molecule has 0 radical (unpaired) electrons. The molecule has 1 aliphatic heterocycles. The summed E-state index contributed by atoms with van der Waals surface area (Å²) in [5, 5.41) is 19.2. The maximum Gasteiger partial charge on any atom is 0.305 e. The van der Waals surface area contributed by atoms with Crippen molar-refractivity contribution in [2.24, 2.45) is 0 Å². The number of anilines is 1. The van der Waals surface area contributed by atoms with Crippen LogP contribution in [0.3, 0.4) is 0 Å². The number of aromatic nitrogens is 1. The quantitative estimate of drug-likeness (QED) is 0.0671. The number of allylic oxidation sites excluding steroid dienone is 7. The molecule has 0 saturated carbocycles. The fourth-order valence-corrected chi connectivity index (χ4v) is 5.07. The molecular weight excluding hydrogens is 524 g/mol. The number of rotatable bonds is 11. The number of benzene rings is 3. The fourth-order valence-electron chi connectivity index (χ4n) is 5.07. The molecule has 0 unspecified atom stereocenters. The topological polar surface area (TPSA) is 73.9 Å². The van der Waals surface area contributed by atoms with Gasteiger partial charge in [-0.15, -0.1) is 0 Å². The molecule has 0 atom stereocenters. The Kier molecular flexibility index (Phi) is 9.07. The molecule has 0 amide bonds. The number of hydrogen-bond donors (Lipinski definition) is 2. The smallest absolute Gasteiger partial charge is 0.305 e. The van der Waals surface area contributed by atoms with Crippen LogP contribution in [-0.4, -0.2) is 22.9 Å². The molecule has 0 aliphatic carbocycles. The number of para-hydroxylation sites is 2. The molecule has 0 fully saturated rings. The largest absolute Gasteiger partial charge is 0.481 e. The molecule has 4 aromatic rings. The number of carboxylic acids is 1. The van der Waals surface area contributed by atoms with Crippen LogP contribution in [0.1, 0.15) is 23.1 Å². The van der Waals surface area contributed by atoms with Crippen molar-refractivity contribution in [3.05, 3.63) is 156 Å². The third-order valence-corrected chi connectivity index (χ3v) is 7.16. The lowest BCUT2D eigenvalue weighted by Crippen LogP contribution is -2.35. The third-order valence-electron chi connectivity index (χ3n) is 7.16. The summed E-state index contributed by atoms with van der Waals surface area (Å²) in [4.78, 5) is 17.5. The summed E-state index contributed by atoms with van der Waals surface area (Å²) in [7, 11) is 0. The Morgan fingerprint density at radius 3 is 2.55 bits per heavy atom. The first-order valence-electron chi connectivity index (χ1n) is 13.8. The highest BCUT2D eigenvalue weighted by Gasteiger charge is 2.16. The number of carboxylic acid groups (broad SMARTS) is 1. The molecular formula is C36H33N2O4+. The Bertz CT molecular complexity index is 1720. The van der Waals surface area contributed by atoms with E-state index in [9.17, 15) is 4.79 Å². The van der Waals surface area contributed by atoms with Crippen molar-refractivity contribution in [1.29, 1.82) is 0 Å². The van der Waals surface area contributed by atoms with E-state index < -0.39 is 5.97 Å². The molecule has 0 spiro atoms. The molecule has 0 saturated heterocycles. The number of aliphatic carboxylic acids is 1. The molecule has 6 nitrogen and oxygen atoms in total. The van der Waals surface area contributed by atoms with Gasteiger partial charge in [0, 0.05) is 36.1 Å². The first-order valence-corrected chi connectivity index (χ1v) is 13.8. The normalized spacial score (nSPS) is 14.0. The van der Waals surface area contributed by atoms with Crippen LogP contribution in [0, 0.1) is 0 Å². The Labute approximate surface area is 245 Å². The predicted octanol–water partition coefficient (Wildman–Crippen LogP) is 7.20. The number of fused-ring (bicyclic) bond motifs is 2. The van der Waals surface area contributed by atoms with Crippen molar-refractivity contribution >= 4 is 34.2 Å². The summed E-state index contributed by atoms with van der Waals surface area (Å²) in [5.74, 6) is -0.550. The summed E-state index contributed by atoms with van der Waals surface area (Å²) >= 11 is 0. The van der Waals surface area contributed by atoms with Crippen molar-refractivity contribution in [2.45, 2.75) is 19.4 Å². The average molecular weight is 558 g/mol. The number of carbonyl (C=O) groups is 1. The first kappa shape index (κ1) is 28.3. The zero-order valence-electron chi connectivity index (χ0n) is 23.3. The Morgan fingerprint density at radius 1 is 0.976 bits per heavy atom. The van der Waals surface area contributed by atoms with Gasteiger partial charge in [0.1, 0.15) is 0 Å². The van der Waals surface area contributed by atoms with Crippen LogP contribution in [0.5, 0.6) is 0 Å². The van der Waals surface area contributed by atoms with Crippen molar-refractivity contribution in [2.75, 3.05) is 11.4 Å². The minimum Gasteiger partial charge on any atom is -0.481 e. The lowest BCUT2D eigenvalue weighted by atomic mass is 9.97. The number of nitrogens with zero attached hydrogens (tertiary/aromatic N) is 2. The minimum absolute atomic E-state index is 0.0712. The van der Waals surface area contributed by atoms with Gasteiger partial charge in [0.2, 0.25) is 12.1 Å². The summed E-state index contributed by atoms with van der Waals surface area (Å²) in [6.07, 6.45) is 15.4. The maximum absolute atomic E-state index is 11.2. The van der Waals surface area contributed by atoms with Gasteiger partial charge < -0.3 is 14.9 Å². The summed E-state index contributed by atoms with van der Waals surface area (Å²) in [6.45, 7) is 4.50. The van der Waals surface area contributed by atoms with Gasteiger partial charge in [-0.05, 0) is 46.9 Å². The highest BCUT2D eigenvalue weighted by Crippen LogP contribution is 2.33. The van der Waals surface area contributed by atoms with E-state index in [-0.39, 0.29) is 12.2 Å². The molecule has 42 heavy (non-hydrogen) atoms. The van der Waals surface area contributed by atoms with Crippen molar-refractivity contribution in [3.8, 4) is 0 Å². The highest BCUT2D eigenvalue weighted by atomic mass is 17.1. The predicted molar refractivity (Wildman–Crippen MR) is 167 cm³/mol. The van der Waals surface area contributed by atoms with E-state index in [1.807, 2.05) is 88.6 Å². The summed E-state index contributed by atoms with van der Waals surface area (Å²) in [6, 6.07) is 28.6. The average Bonchev–Trinajstić information content (AvgIpc) is 3.02. The highest BCUT2D eigenvalue weighted by molar-refractivity contribution is 5.88. The standard InChI is InChI=1S/C36H32N2O4/c1-27(42-41)26-38-23-20-31(33-12-6-8-14-35(33)38)18-16-29(25-28-9-3-2-4-10-28)15-17-30-19-22-37(24-21-36(39)40)34-13-7-5-11-32(30)34/h2-20,22-23H,1,21,24-26H2,(H-,39,40,41)/p+1. The zero-order chi connectivity index (χ0) is 29.3. The SMILES string of the molecule is C=C(C[n+]1ccc(/C=C/C(=C/C=C2\C=CN(CCC(=O)O)c3ccccc32)Cc2ccccc2)c2ccccc21)OO. The number of hydrogen-bond acceptors (Lipinski definition) is 4. The molecule has 2 heterocycles. The van der Waals surface area contributed by atoms with Gasteiger partial charge >= 0.3 is 5.97 Å². The summed E-state index contributed by atoms with van der Waals surface area (Å²) < 4.78 is 1.99. The van der Waals surface area contributed by atoms with Crippen LogP contribution in [0.25, 0.3) is 22.6 Å². The maximum atomic E-state index is 11.2. The fraction of sp³-hybridized carbons (Fsp3) is 0.111. The molecule has 210 valence electrons. The second-order valence-corrected chi connectivity index (χ2v) is 10.1. The summed E-state index contributed by atoms with van der Waals surface area (Å²) in [5.41, 5.74) is 7.55. The van der Waals surface area contributed by atoms with E-state index in [4.69, 9.17) is 10.4 Å². The van der Waals surface area contributed by atoms with Gasteiger partial charge in [0.25, 0.3) is 0 Å². The third kappa shape index (κ3) is 6.92. The van der Waals surface area contributed by atoms with Gasteiger partial charge in [-0.2, -0.15) is 4.57 Å². The Balaban J connectivity index is 1.49. The molecule has 3 aromatic carbocycles. The second-order valence-electron chi connectivity index (χ2n) is 10.1. The van der Waals surface area contributed by atoms with Crippen LogP contribution in [-0.2, 0) is 22.6 Å². The molecule has 5 rings (SSSR count). The lowest BCUT2D eigenvalue weighted by molar-refractivity contribution is -0.668. The van der Waals surface area contributed by atoms with Crippen molar-refractivity contribution < 1.29 is 24.6 Å². The van der Waals surface area contributed by atoms with E-state index in [0.717, 1.165) is 45.3 Å². The van der Waals surface area contributed by atoms with Crippen molar-refractivity contribution in [3.63, 3.8) is 0 Å². The van der Waals surface area contributed by atoms with Gasteiger partial charge in [-0.3, -0.25) is 4.79 Å². The van der Waals surface area contributed by atoms with Crippen LogP contribution >= 0.6 is 0 Å². The second kappa shape index (κ2) is 13.4. The van der Waals surface area contributed by atoms with Gasteiger partial charge in [0.15, 0.2) is 12.0 Å². The van der Waals surface area contributed by atoms with E-state index >= 15 is 0 Å². The first-order chi connectivity index (χ1) is 20.5. The number of pyridine rings is 1. The molecule has 2 N–H and O–H groups in total. The van der Waals surface area contributed by atoms with Crippen LogP contribution < -0.4 is 9.47 Å². The van der Waals surface area contributed by atoms with E-state index in [0.29, 0.717) is 13.1 Å².